The molecule has 0 saturated carbocycles. The van der Waals surface area contributed by atoms with Gasteiger partial charge in [-0.3, -0.25) is 14.4 Å². The number of ether oxygens (including phenoxy) is 2. The third-order valence-corrected chi connectivity index (χ3v) is 6.06. The summed E-state index contributed by atoms with van der Waals surface area (Å²) >= 11 is 0. The van der Waals surface area contributed by atoms with Crippen LogP contribution in [0.4, 0.5) is 0 Å². The van der Waals surface area contributed by atoms with Crippen LogP contribution in [-0.4, -0.2) is 35.4 Å². The fourth-order valence-electron chi connectivity index (χ4n) is 4.10. The highest BCUT2D eigenvalue weighted by atomic mass is 16.6. The number of aromatic hydroxyl groups is 1. The van der Waals surface area contributed by atoms with Crippen molar-refractivity contribution >= 4 is 17.5 Å². The highest BCUT2D eigenvalue weighted by Crippen LogP contribution is 2.43. The number of methoxy groups -OCH3 is 1. The Labute approximate surface area is 184 Å². The number of ketones is 2. The first kappa shape index (κ1) is 24.6. The molecule has 0 radical (unpaired) electrons. The van der Waals surface area contributed by atoms with Gasteiger partial charge in [-0.2, -0.15) is 0 Å². The van der Waals surface area contributed by atoms with Crippen molar-refractivity contribution in [3.8, 4) is 11.5 Å². The SMILES string of the molecule is COc1ccc(C(=O)[C@@H]2C(=O)O[C@@](C)(CCC/C(C)=C\C(=O)CC(C)C)[C@H]2C)c(O)c1. The van der Waals surface area contributed by atoms with E-state index in [2.05, 4.69) is 0 Å². The van der Waals surface area contributed by atoms with Crippen molar-refractivity contribution in [3.05, 3.63) is 35.4 Å². The van der Waals surface area contributed by atoms with Gasteiger partial charge in [0.25, 0.3) is 0 Å². The van der Waals surface area contributed by atoms with Crippen molar-refractivity contribution in [2.24, 2.45) is 17.8 Å². The van der Waals surface area contributed by atoms with Crippen LogP contribution < -0.4 is 4.74 Å². The van der Waals surface area contributed by atoms with E-state index in [0.717, 1.165) is 18.4 Å². The molecule has 1 aromatic carbocycles. The molecule has 1 saturated heterocycles. The van der Waals surface area contributed by atoms with E-state index in [1.54, 1.807) is 12.1 Å². The van der Waals surface area contributed by atoms with Crippen LogP contribution in [0, 0.1) is 17.8 Å². The predicted octanol–water partition coefficient (Wildman–Crippen LogP) is 4.88. The molecule has 6 nitrogen and oxygen atoms in total. The minimum Gasteiger partial charge on any atom is -0.507 e. The molecule has 0 unspecified atom stereocenters. The molecule has 6 heteroatoms. The standard InChI is InChI=1S/C25H34O6/c1-15(2)12-18(26)13-16(3)8-7-11-25(5)17(4)22(24(29)31-25)23(28)20-10-9-19(30-6)14-21(20)27/h9-10,13-15,17,22,27H,7-8,11-12H2,1-6H3/b16-13-/t17-,22+,25-/m0/s1. The van der Waals surface area contributed by atoms with Crippen LogP contribution in [0.3, 0.4) is 0 Å². The Balaban J connectivity index is 2.04. The van der Waals surface area contributed by atoms with Crippen molar-refractivity contribution in [2.45, 2.75) is 65.9 Å². The number of phenolic OH excluding ortho intramolecular Hbond substituents is 1. The molecule has 0 aliphatic carbocycles. The number of Topliss-reactive ketones (excluding diaryl/α,β-unsaturated/α-hetero) is 1. The van der Waals surface area contributed by atoms with Gasteiger partial charge in [-0.05, 0) is 57.2 Å². The summed E-state index contributed by atoms with van der Waals surface area (Å²) in [7, 11) is 1.47. The average molecular weight is 431 g/mol. The molecule has 1 fully saturated rings. The van der Waals surface area contributed by atoms with Crippen LogP contribution in [-0.2, 0) is 14.3 Å². The second-order valence-electron chi connectivity index (χ2n) is 9.16. The van der Waals surface area contributed by atoms with Gasteiger partial charge >= 0.3 is 5.97 Å². The monoisotopic (exact) mass is 430 g/mol. The number of hydrogen-bond acceptors (Lipinski definition) is 6. The lowest BCUT2D eigenvalue weighted by atomic mass is 9.77. The first-order chi connectivity index (χ1) is 14.5. The van der Waals surface area contributed by atoms with E-state index in [-0.39, 0.29) is 23.0 Å². The number of hydrogen-bond donors (Lipinski definition) is 1. The van der Waals surface area contributed by atoms with E-state index in [0.29, 0.717) is 24.5 Å². The summed E-state index contributed by atoms with van der Waals surface area (Å²) in [5, 5.41) is 10.2. The number of carbonyl (C=O) groups excluding carboxylic acids is 3. The summed E-state index contributed by atoms with van der Waals surface area (Å²) in [6.07, 6.45) is 4.28. The highest BCUT2D eigenvalue weighted by Gasteiger charge is 2.53. The van der Waals surface area contributed by atoms with Gasteiger partial charge < -0.3 is 14.6 Å². The summed E-state index contributed by atoms with van der Waals surface area (Å²) in [6.45, 7) is 9.65. The van der Waals surface area contributed by atoms with Crippen molar-refractivity contribution in [3.63, 3.8) is 0 Å². The van der Waals surface area contributed by atoms with Gasteiger partial charge in [-0.1, -0.05) is 26.3 Å². The molecule has 2 rings (SSSR count). The third-order valence-electron chi connectivity index (χ3n) is 6.06. The zero-order chi connectivity index (χ0) is 23.3. The van der Waals surface area contributed by atoms with Gasteiger partial charge in [-0.25, -0.2) is 0 Å². The van der Waals surface area contributed by atoms with Crippen molar-refractivity contribution in [2.75, 3.05) is 7.11 Å². The molecule has 1 N–H and O–H groups in total. The lowest BCUT2D eigenvalue weighted by Gasteiger charge is -2.28. The van der Waals surface area contributed by atoms with E-state index in [4.69, 9.17) is 9.47 Å². The molecule has 1 aromatic rings. The van der Waals surface area contributed by atoms with Crippen LogP contribution in [0.15, 0.2) is 29.8 Å². The van der Waals surface area contributed by atoms with Gasteiger partial charge in [0.1, 0.15) is 23.0 Å². The maximum Gasteiger partial charge on any atom is 0.317 e. The molecule has 170 valence electrons. The number of carbonyl (C=O) groups is 3. The number of allylic oxidation sites excluding steroid dienone is 2. The first-order valence-electron chi connectivity index (χ1n) is 10.8. The quantitative estimate of drug-likeness (QED) is 0.246. The number of benzene rings is 1. The summed E-state index contributed by atoms with van der Waals surface area (Å²) in [4.78, 5) is 37.6. The zero-order valence-corrected chi connectivity index (χ0v) is 19.4. The Hall–Kier alpha value is -2.63. The Bertz CT molecular complexity index is 869. The van der Waals surface area contributed by atoms with Gasteiger partial charge in [-0.15, -0.1) is 0 Å². The van der Waals surface area contributed by atoms with Crippen LogP contribution >= 0.6 is 0 Å². The number of rotatable bonds is 10. The maximum atomic E-state index is 13.0. The lowest BCUT2D eigenvalue weighted by Crippen LogP contribution is -2.33. The molecule has 0 bridgehead atoms. The van der Waals surface area contributed by atoms with Crippen molar-refractivity contribution in [1.29, 1.82) is 0 Å². The van der Waals surface area contributed by atoms with E-state index < -0.39 is 23.3 Å². The van der Waals surface area contributed by atoms with E-state index in [1.165, 1.54) is 19.2 Å². The summed E-state index contributed by atoms with van der Waals surface area (Å²) in [6, 6.07) is 4.40. The molecule has 0 aromatic heterocycles. The number of cyclic esters (lactones) is 1. The number of esters is 1. The Kier molecular flexibility index (Phi) is 8.04. The Morgan fingerprint density at radius 2 is 2.00 bits per heavy atom. The second-order valence-corrected chi connectivity index (χ2v) is 9.16. The molecular weight excluding hydrogens is 396 g/mol. The van der Waals surface area contributed by atoms with Gasteiger partial charge in [0.15, 0.2) is 11.6 Å². The average Bonchev–Trinajstić information content (AvgIpc) is 2.88. The predicted molar refractivity (Wildman–Crippen MR) is 118 cm³/mol. The lowest BCUT2D eigenvalue weighted by molar-refractivity contribution is -0.149. The molecule has 1 aliphatic rings. The molecule has 0 amide bonds. The minimum absolute atomic E-state index is 0.0845. The summed E-state index contributed by atoms with van der Waals surface area (Å²) in [5.74, 6) is -1.65. The van der Waals surface area contributed by atoms with E-state index >= 15 is 0 Å². The van der Waals surface area contributed by atoms with Gasteiger partial charge in [0, 0.05) is 18.4 Å². The molecule has 31 heavy (non-hydrogen) atoms. The molecule has 1 aliphatic heterocycles. The normalized spacial score (nSPS) is 23.7. The third kappa shape index (κ3) is 5.96. The summed E-state index contributed by atoms with van der Waals surface area (Å²) in [5.41, 5.74) is 0.310. The highest BCUT2D eigenvalue weighted by molar-refractivity contribution is 6.11. The van der Waals surface area contributed by atoms with Crippen LogP contribution in [0.1, 0.15) is 70.7 Å². The number of phenols is 1. The second kappa shape index (κ2) is 10.1. The molecular formula is C25H34O6. The van der Waals surface area contributed by atoms with Crippen LogP contribution in [0.2, 0.25) is 0 Å². The molecule has 1 heterocycles. The van der Waals surface area contributed by atoms with Gasteiger partial charge in [0.2, 0.25) is 0 Å². The fraction of sp³-hybridized carbons (Fsp3) is 0.560. The fourth-order valence-corrected chi connectivity index (χ4v) is 4.10. The zero-order valence-electron chi connectivity index (χ0n) is 19.4. The van der Waals surface area contributed by atoms with Crippen molar-refractivity contribution in [1.82, 2.24) is 0 Å². The van der Waals surface area contributed by atoms with Crippen LogP contribution in [0.25, 0.3) is 0 Å². The Morgan fingerprint density at radius 3 is 2.58 bits per heavy atom. The molecule has 3 atom stereocenters. The van der Waals surface area contributed by atoms with Crippen LogP contribution in [0.5, 0.6) is 11.5 Å². The topological polar surface area (TPSA) is 89.9 Å². The largest absolute Gasteiger partial charge is 0.507 e. The first-order valence-corrected chi connectivity index (χ1v) is 10.8. The molecule has 0 spiro atoms. The maximum absolute atomic E-state index is 13.0. The Morgan fingerprint density at radius 1 is 1.32 bits per heavy atom. The van der Waals surface area contributed by atoms with E-state index in [9.17, 15) is 19.5 Å². The van der Waals surface area contributed by atoms with E-state index in [1.807, 2.05) is 34.6 Å². The smallest absolute Gasteiger partial charge is 0.317 e. The van der Waals surface area contributed by atoms with Gasteiger partial charge in [0.05, 0.1) is 12.7 Å². The minimum atomic E-state index is -0.964. The summed E-state index contributed by atoms with van der Waals surface area (Å²) < 4.78 is 10.7. The van der Waals surface area contributed by atoms with Crippen molar-refractivity contribution < 1.29 is 29.0 Å².